The van der Waals surface area contributed by atoms with Gasteiger partial charge in [-0.3, -0.25) is 4.90 Å². The van der Waals surface area contributed by atoms with Crippen LogP contribution in [0.4, 0.5) is 0 Å². The fourth-order valence-electron chi connectivity index (χ4n) is 1.34. The van der Waals surface area contributed by atoms with Gasteiger partial charge in [0.1, 0.15) is 0 Å². The van der Waals surface area contributed by atoms with E-state index in [-0.39, 0.29) is 0 Å². The topological polar surface area (TPSA) is 3.24 Å². The van der Waals surface area contributed by atoms with Crippen LogP contribution in [0, 0.1) is 0 Å². The Morgan fingerprint density at radius 2 is 2.33 bits per heavy atom. The molecule has 1 aliphatic heterocycles. The maximum absolute atomic E-state index is 5.70. The first-order valence-corrected chi connectivity index (χ1v) is 4.18. The third-order valence-electron chi connectivity index (χ3n) is 2.09. The standard InChI is InChI=1S/C7H14ClN/c1-7-4-2-3-5-9(7)6-8/h7H,2-6H2,1H3/t7-/m1/s1. The van der Waals surface area contributed by atoms with Gasteiger partial charge in [0.25, 0.3) is 0 Å². The molecule has 0 unspecified atom stereocenters. The Hall–Kier alpha value is 0.250. The minimum atomic E-state index is 0.709. The van der Waals surface area contributed by atoms with Gasteiger partial charge in [-0.1, -0.05) is 6.42 Å². The van der Waals surface area contributed by atoms with Gasteiger partial charge in [0, 0.05) is 6.04 Å². The zero-order chi connectivity index (χ0) is 6.69. The summed E-state index contributed by atoms with van der Waals surface area (Å²) in [5.41, 5.74) is 0. The number of hydrogen-bond acceptors (Lipinski definition) is 1. The van der Waals surface area contributed by atoms with Crippen LogP contribution in [-0.2, 0) is 0 Å². The maximum Gasteiger partial charge on any atom is 0.0740 e. The Morgan fingerprint density at radius 1 is 1.56 bits per heavy atom. The molecule has 0 aromatic heterocycles. The van der Waals surface area contributed by atoms with Crippen LogP contribution in [0.25, 0.3) is 0 Å². The van der Waals surface area contributed by atoms with E-state index in [9.17, 15) is 0 Å². The summed E-state index contributed by atoms with van der Waals surface area (Å²) >= 11 is 5.70. The van der Waals surface area contributed by atoms with Crippen molar-refractivity contribution in [2.45, 2.75) is 32.2 Å². The number of piperidine rings is 1. The molecule has 54 valence electrons. The highest BCUT2D eigenvalue weighted by Crippen LogP contribution is 2.15. The SMILES string of the molecule is C[C@@H]1CCCCN1CCl. The molecule has 1 saturated heterocycles. The molecule has 0 bridgehead atoms. The maximum atomic E-state index is 5.70. The fourth-order valence-corrected chi connectivity index (χ4v) is 1.69. The van der Waals surface area contributed by atoms with Gasteiger partial charge in [0.15, 0.2) is 0 Å². The van der Waals surface area contributed by atoms with Crippen molar-refractivity contribution in [1.29, 1.82) is 0 Å². The van der Waals surface area contributed by atoms with Crippen molar-refractivity contribution >= 4 is 11.6 Å². The second kappa shape index (κ2) is 3.43. The number of rotatable bonds is 1. The minimum absolute atomic E-state index is 0.709. The highest BCUT2D eigenvalue weighted by Gasteiger charge is 2.15. The van der Waals surface area contributed by atoms with Gasteiger partial charge in [0.2, 0.25) is 0 Å². The van der Waals surface area contributed by atoms with Crippen LogP contribution < -0.4 is 0 Å². The smallest absolute Gasteiger partial charge is 0.0740 e. The first kappa shape index (κ1) is 7.36. The summed E-state index contributed by atoms with van der Waals surface area (Å²) in [6.07, 6.45) is 4.04. The van der Waals surface area contributed by atoms with E-state index < -0.39 is 0 Å². The van der Waals surface area contributed by atoms with Gasteiger partial charge in [0.05, 0.1) is 6.00 Å². The summed E-state index contributed by atoms with van der Waals surface area (Å²) in [7, 11) is 0. The predicted octanol–water partition coefficient (Wildman–Crippen LogP) is 2.06. The number of hydrogen-bond donors (Lipinski definition) is 0. The molecular weight excluding hydrogens is 134 g/mol. The summed E-state index contributed by atoms with van der Waals surface area (Å²) in [6, 6.07) is 1.43. The molecule has 0 N–H and O–H groups in total. The average Bonchev–Trinajstić information content (AvgIpc) is 1.89. The first-order valence-electron chi connectivity index (χ1n) is 3.64. The van der Waals surface area contributed by atoms with Crippen LogP contribution in [0.15, 0.2) is 0 Å². The van der Waals surface area contributed by atoms with E-state index in [0.717, 1.165) is 6.04 Å². The lowest BCUT2D eigenvalue weighted by molar-refractivity contribution is 0.189. The molecule has 2 heteroatoms. The summed E-state index contributed by atoms with van der Waals surface area (Å²) < 4.78 is 0. The van der Waals surface area contributed by atoms with Gasteiger partial charge >= 0.3 is 0 Å². The molecule has 0 aliphatic carbocycles. The molecule has 0 aromatic rings. The summed E-state index contributed by atoms with van der Waals surface area (Å²) in [4.78, 5) is 2.32. The van der Waals surface area contributed by atoms with Crippen molar-refractivity contribution < 1.29 is 0 Å². The molecule has 0 radical (unpaired) electrons. The number of alkyl halides is 1. The molecule has 1 atom stereocenters. The third-order valence-corrected chi connectivity index (χ3v) is 2.40. The van der Waals surface area contributed by atoms with E-state index in [1.165, 1.54) is 25.8 Å². The van der Waals surface area contributed by atoms with Gasteiger partial charge in [-0.25, -0.2) is 0 Å². The monoisotopic (exact) mass is 147 g/mol. The molecule has 1 fully saturated rings. The molecule has 1 rings (SSSR count). The van der Waals surface area contributed by atoms with Crippen molar-refractivity contribution in [2.75, 3.05) is 12.5 Å². The highest BCUT2D eigenvalue weighted by molar-refractivity contribution is 6.17. The highest BCUT2D eigenvalue weighted by atomic mass is 35.5. The number of halogens is 1. The summed E-state index contributed by atoms with van der Waals surface area (Å²) in [6.45, 7) is 3.45. The van der Waals surface area contributed by atoms with Crippen molar-refractivity contribution in [3.05, 3.63) is 0 Å². The molecule has 0 aromatic carbocycles. The second-order valence-electron chi connectivity index (χ2n) is 2.78. The van der Waals surface area contributed by atoms with Crippen LogP contribution in [0.2, 0.25) is 0 Å². The molecule has 9 heavy (non-hydrogen) atoms. The fraction of sp³-hybridized carbons (Fsp3) is 1.00. The van der Waals surface area contributed by atoms with Crippen molar-refractivity contribution in [3.63, 3.8) is 0 Å². The van der Waals surface area contributed by atoms with Crippen molar-refractivity contribution in [1.82, 2.24) is 4.90 Å². The van der Waals surface area contributed by atoms with E-state index >= 15 is 0 Å². The minimum Gasteiger partial charge on any atom is -0.287 e. The molecule has 1 nitrogen and oxygen atoms in total. The molecule has 0 saturated carbocycles. The lowest BCUT2D eigenvalue weighted by Gasteiger charge is -2.30. The van der Waals surface area contributed by atoms with Crippen molar-refractivity contribution in [3.8, 4) is 0 Å². The Morgan fingerprint density at radius 3 is 2.78 bits per heavy atom. The summed E-state index contributed by atoms with van der Waals surface area (Å²) in [5, 5.41) is 0. The van der Waals surface area contributed by atoms with Gasteiger partial charge < -0.3 is 0 Å². The molecule has 0 amide bonds. The van der Waals surface area contributed by atoms with Crippen molar-refractivity contribution in [2.24, 2.45) is 0 Å². The summed E-state index contributed by atoms with van der Waals surface area (Å²) in [5.74, 6) is 0. The molecule has 1 aliphatic rings. The second-order valence-corrected chi connectivity index (χ2v) is 3.02. The van der Waals surface area contributed by atoms with E-state index in [2.05, 4.69) is 11.8 Å². The van der Waals surface area contributed by atoms with Gasteiger partial charge in [-0.2, -0.15) is 0 Å². The van der Waals surface area contributed by atoms with Crippen LogP contribution in [0.1, 0.15) is 26.2 Å². The predicted molar refractivity (Wildman–Crippen MR) is 40.7 cm³/mol. The lowest BCUT2D eigenvalue weighted by Crippen LogP contribution is -2.36. The normalized spacial score (nSPS) is 30.7. The van der Waals surface area contributed by atoms with Gasteiger partial charge in [-0.05, 0) is 26.3 Å². The quantitative estimate of drug-likeness (QED) is 0.406. The van der Waals surface area contributed by atoms with E-state index in [1.54, 1.807) is 0 Å². The Kier molecular flexibility index (Phi) is 2.80. The zero-order valence-electron chi connectivity index (χ0n) is 5.94. The van der Waals surface area contributed by atoms with Gasteiger partial charge in [-0.15, -0.1) is 11.6 Å². The Balaban J connectivity index is 2.30. The van der Waals surface area contributed by atoms with E-state index in [0.29, 0.717) is 6.00 Å². The Bertz CT molecular complexity index is 85.0. The third kappa shape index (κ3) is 1.84. The first-order chi connectivity index (χ1) is 4.34. The van der Waals surface area contributed by atoms with Crippen LogP contribution in [-0.4, -0.2) is 23.5 Å². The van der Waals surface area contributed by atoms with E-state index in [4.69, 9.17) is 11.6 Å². The van der Waals surface area contributed by atoms with Crippen LogP contribution >= 0.6 is 11.6 Å². The van der Waals surface area contributed by atoms with Crippen LogP contribution in [0.3, 0.4) is 0 Å². The molecule has 1 heterocycles. The van der Waals surface area contributed by atoms with Crippen LogP contribution in [0.5, 0.6) is 0 Å². The molecule has 0 spiro atoms. The molecular formula is C7H14ClN. The average molecular weight is 148 g/mol. The lowest BCUT2D eigenvalue weighted by atomic mass is 10.1. The zero-order valence-corrected chi connectivity index (χ0v) is 6.69. The Labute approximate surface area is 62.0 Å². The largest absolute Gasteiger partial charge is 0.287 e. The number of likely N-dealkylation sites (tertiary alicyclic amines) is 1. The number of nitrogens with zero attached hydrogens (tertiary/aromatic N) is 1. The van der Waals surface area contributed by atoms with E-state index in [1.807, 2.05) is 0 Å².